The number of nitrogens with one attached hydrogen (secondary N) is 3. The van der Waals surface area contributed by atoms with Crippen LogP contribution in [0.4, 0.5) is 0 Å². The third-order valence-corrected chi connectivity index (χ3v) is 4.21. The predicted molar refractivity (Wildman–Crippen MR) is 113 cm³/mol. The minimum absolute atomic E-state index is 0.0223. The SMILES string of the molecule is CCC(=O)NCCOCCOCC(=O)N[C@@H](CCC(=O)N[C@@H](CCC(C)=O)C(=O)O)C(=O)O. The molecule has 0 aromatic rings. The van der Waals surface area contributed by atoms with Gasteiger partial charge in [-0.15, -0.1) is 0 Å². The molecule has 0 aromatic heterocycles. The van der Waals surface area contributed by atoms with E-state index in [-0.39, 0.29) is 57.2 Å². The van der Waals surface area contributed by atoms with Crippen molar-refractivity contribution in [3.63, 3.8) is 0 Å². The summed E-state index contributed by atoms with van der Waals surface area (Å²) < 4.78 is 10.3. The highest BCUT2D eigenvalue weighted by Gasteiger charge is 2.24. The van der Waals surface area contributed by atoms with Crippen LogP contribution in [0, 0.1) is 0 Å². The van der Waals surface area contributed by atoms with Crippen molar-refractivity contribution in [2.24, 2.45) is 0 Å². The molecule has 0 rings (SSSR count). The minimum Gasteiger partial charge on any atom is -0.480 e. The van der Waals surface area contributed by atoms with Crippen LogP contribution >= 0.6 is 0 Å². The lowest BCUT2D eigenvalue weighted by atomic mass is 10.1. The summed E-state index contributed by atoms with van der Waals surface area (Å²) in [6.45, 7) is 3.49. The Labute approximate surface area is 191 Å². The molecule has 0 heterocycles. The van der Waals surface area contributed by atoms with E-state index in [2.05, 4.69) is 16.0 Å². The van der Waals surface area contributed by atoms with Crippen molar-refractivity contribution in [1.82, 2.24) is 16.0 Å². The Morgan fingerprint density at radius 3 is 1.85 bits per heavy atom. The van der Waals surface area contributed by atoms with E-state index in [0.29, 0.717) is 13.0 Å². The van der Waals surface area contributed by atoms with Crippen molar-refractivity contribution in [3.8, 4) is 0 Å². The fourth-order valence-corrected chi connectivity index (χ4v) is 2.41. The minimum atomic E-state index is -1.37. The van der Waals surface area contributed by atoms with Gasteiger partial charge < -0.3 is 40.4 Å². The van der Waals surface area contributed by atoms with Gasteiger partial charge in [0.2, 0.25) is 17.7 Å². The Morgan fingerprint density at radius 2 is 1.30 bits per heavy atom. The zero-order valence-corrected chi connectivity index (χ0v) is 18.9. The molecule has 0 aliphatic carbocycles. The van der Waals surface area contributed by atoms with Crippen LogP contribution in [0.15, 0.2) is 0 Å². The second-order valence-electron chi connectivity index (χ2n) is 7.06. The molecule has 0 aromatic carbocycles. The molecule has 5 N–H and O–H groups in total. The van der Waals surface area contributed by atoms with Gasteiger partial charge in [0.1, 0.15) is 24.5 Å². The van der Waals surface area contributed by atoms with E-state index in [0.717, 1.165) is 0 Å². The molecule has 33 heavy (non-hydrogen) atoms. The van der Waals surface area contributed by atoms with E-state index >= 15 is 0 Å². The van der Waals surface area contributed by atoms with Crippen molar-refractivity contribution < 1.29 is 48.5 Å². The van der Waals surface area contributed by atoms with Crippen LogP contribution in [-0.4, -0.2) is 90.7 Å². The van der Waals surface area contributed by atoms with Crippen LogP contribution in [0.3, 0.4) is 0 Å². The summed E-state index contributed by atoms with van der Waals surface area (Å²) in [4.78, 5) is 68.3. The van der Waals surface area contributed by atoms with Gasteiger partial charge in [0, 0.05) is 25.8 Å². The number of amides is 3. The number of carboxylic acid groups (broad SMARTS) is 2. The largest absolute Gasteiger partial charge is 0.480 e. The van der Waals surface area contributed by atoms with E-state index in [1.54, 1.807) is 6.92 Å². The summed E-state index contributed by atoms with van der Waals surface area (Å²) in [5, 5.41) is 25.4. The van der Waals surface area contributed by atoms with Crippen LogP contribution in [0.2, 0.25) is 0 Å². The number of carbonyl (C=O) groups is 6. The first-order chi connectivity index (χ1) is 15.6. The van der Waals surface area contributed by atoms with Gasteiger partial charge in [-0.05, 0) is 19.8 Å². The lowest BCUT2D eigenvalue weighted by Crippen LogP contribution is -2.45. The molecule has 0 unspecified atom stereocenters. The van der Waals surface area contributed by atoms with Gasteiger partial charge in [0.05, 0.1) is 19.8 Å². The molecule has 13 nitrogen and oxygen atoms in total. The van der Waals surface area contributed by atoms with Crippen molar-refractivity contribution in [2.75, 3.05) is 33.0 Å². The van der Waals surface area contributed by atoms with Gasteiger partial charge in [-0.3, -0.25) is 14.4 Å². The Balaban J connectivity index is 4.21. The van der Waals surface area contributed by atoms with Gasteiger partial charge in [-0.25, -0.2) is 9.59 Å². The Hall–Kier alpha value is -3.06. The third kappa shape index (κ3) is 16.3. The molecule has 2 atom stereocenters. The summed E-state index contributed by atoms with van der Waals surface area (Å²) in [5.41, 5.74) is 0. The van der Waals surface area contributed by atoms with Crippen LogP contribution in [-0.2, 0) is 38.2 Å². The number of hydrogen-bond acceptors (Lipinski definition) is 8. The number of ether oxygens (including phenoxy) is 2. The van der Waals surface area contributed by atoms with Crippen molar-refractivity contribution >= 4 is 35.4 Å². The molecule has 0 bridgehead atoms. The predicted octanol–water partition coefficient (Wildman–Crippen LogP) is -1.17. The molecule has 0 radical (unpaired) electrons. The maximum absolute atomic E-state index is 12.0. The maximum atomic E-state index is 12.0. The van der Waals surface area contributed by atoms with Gasteiger partial charge >= 0.3 is 11.9 Å². The Morgan fingerprint density at radius 1 is 0.758 bits per heavy atom. The van der Waals surface area contributed by atoms with Crippen molar-refractivity contribution in [1.29, 1.82) is 0 Å². The number of hydrogen-bond donors (Lipinski definition) is 5. The average Bonchev–Trinajstić information content (AvgIpc) is 2.74. The summed E-state index contributed by atoms with van der Waals surface area (Å²) >= 11 is 0. The normalized spacial score (nSPS) is 12.3. The van der Waals surface area contributed by atoms with Crippen molar-refractivity contribution in [3.05, 3.63) is 0 Å². The summed E-state index contributed by atoms with van der Waals surface area (Å²) in [7, 11) is 0. The summed E-state index contributed by atoms with van der Waals surface area (Å²) in [6, 6.07) is -2.64. The zero-order valence-electron chi connectivity index (χ0n) is 18.9. The van der Waals surface area contributed by atoms with Crippen LogP contribution in [0.25, 0.3) is 0 Å². The van der Waals surface area contributed by atoms with Crippen LogP contribution < -0.4 is 16.0 Å². The quantitative estimate of drug-likeness (QED) is 0.142. The molecule has 0 aliphatic heterocycles. The second kappa shape index (κ2) is 17.5. The van der Waals surface area contributed by atoms with Crippen LogP contribution in [0.5, 0.6) is 0 Å². The summed E-state index contributed by atoms with van der Waals surface area (Å²) in [6.07, 6.45) is -0.331. The van der Waals surface area contributed by atoms with E-state index in [1.807, 2.05) is 0 Å². The van der Waals surface area contributed by atoms with E-state index in [4.69, 9.17) is 14.6 Å². The fraction of sp³-hybridized carbons (Fsp3) is 0.700. The molecule has 0 fully saturated rings. The number of aliphatic carboxylic acids is 2. The Kier molecular flexibility index (Phi) is 15.9. The monoisotopic (exact) mass is 475 g/mol. The molecular weight excluding hydrogens is 442 g/mol. The Bertz CT molecular complexity index is 683. The first-order valence-electron chi connectivity index (χ1n) is 10.5. The molecule has 0 saturated heterocycles. The molecular formula is C20H33N3O10. The average molecular weight is 475 g/mol. The van der Waals surface area contributed by atoms with Gasteiger partial charge in [0.25, 0.3) is 0 Å². The van der Waals surface area contributed by atoms with Gasteiger partial charge in [-0.2, -0.15) is 0 Å². The van der Waals surface area contributed by atoms with Crippen LogP contribution in [0.1, 0.15) is 46.0 Å². The third-order valence-electron chi connectivity index (χ3n) is 4.21. The molecule has 188 valence electrons. The molecule has 0 spiro atoms. The summed E-state index contributed by atoms with van der Waals surface area (Å²) in [5.74, 6) is -4.40. The van der Waals surface area contributed by atoms with Gasteiger partial charge in [0.15, 0.2) is 0 Å². The first-order valence-corrected chi connectivity index (χ1v) is 10.5. The highest BCUT2D eigenvalue weighted by Crippen LogP contribution is 2.03. The van der Waals surface area contributed by atoms with E-state index in [9.17, 15) is 33.9 Å². The first kappa shape index (κ1) is 29.9. The fourth-order valence-electron chi connectivity index (χ4n) is 2.41. The second-order valence-corrected chi connectivity index (χ2v) is 7.06. The number of carbonyl (C=O) groups excluding carboxylic acids is 4. The number of Topliss-reactive ketones (excluding diaryl/α,β-unsaturated/α-hetero) is 1. The highest BCUT2D eigenvalue weighted by atomic mass is 16.5. The molecule has 0 aliphatic rings. The van der Waals surface area contributed by atoms with E-state index < -0.39 is 42.4 Å². The standard InChI is InChI=1S/C20H33N3O10/c1-3-16(25)21-8-9-32-10-11-33-12-18(27)23-15(20(30)31)6-7-17(26)22-14(19(28)29)5-4-13(2)24/h14-15H,3-12H2,1-2H3,(H,21,25)(H,22,26)(H,23,27)(H,28,29)(H,30,31)/t14-,15-/m0/s1. The molecule has 13 heteroatoms. The smallest absolute Gasteiger partial charge is 0.326 e. The molecule has 3 amide bonds. The number of rotatable bonds is 19. The lowest BCUT2D eigenvalue weighted by Gasteiger charge is -2.16. The number of carboxylic acids is 2. The lowest BCUT2D eigenvalue weighted by molar-refractivity contribution is -0.144. The highest BCUT2D eigenvalue weighted by molar-refractivity contribution is 5.86. The molecule has 0 saturated carbocycles. The van der Waals surface area contributed by atoms with Gasteiger partial charge in [-0.1, -0.05) is 6.92 Å². The number of ketones is 1. The van der Waals surface area contributed by atoms with Crippen molar-refractivity contribution in [2.45, 2.75) is 58.0 Å². The topological polar surface area (TPSA) is 197 Å². The van der Waals surface area contributed by atoms with E-state index in [1.165, 1.54) is 6.92 Å². The maximum Gasteiger partial charge on any atom is 0.326 e. The zero-order chi connectivity index (χ0) is 25.2.